The number of nitrogens with zero attached hydrogens (tertiary/aromatic N) is 2. The summed E-state index contributed by atoms with van der Waals surface area (Å²) in [4.78, 5) is 2.21. The molecule has 0 amide bonds. The van der Waals surface area contributed by atoms with Crippen LogP contribution in [0.2, 0.25) is 0 Å². The molecule has 0 saturated heterocycles. The van der Waals surface area contributed by atoms with E-state index in [1.54, 1.807) is 0 Å². The molecular weight excluding hydrogens is 234 g/mol. The molecule has 0 spiro atoms. The number of nitrogens with one attached hydrogen (secondary N) is 1. The third-order valence-electron chi connectivity index (χ3n) is 3.39. The fraction of sp³-hybridized carbons (Fsp3) is 0.562. The van der Waals surface area contributed by atoms with Gasteiger partial charge in [-0.2, -0.15) is 5.26 Å². The van der Waals surface area contributed by atoms with Crippen molar-refractivity contribution in [3.05, 3.63) is 34.9 Å². The minimum Gasteiger partial charge on any atom is -0.308 e. The van der Waals surface area contributed by atoms with E-state index in [0.29, 0.717) is 12.0 Å². The van der Waals surface area contributed by atoms with Crippen molar-refractivity contribution in [2.24, 2.45) is 5.92 Å². The number of hydrogen-bond donors (Lipinski definition) is 1. The van der Waals surface area contributed by atoms with E-state index in [4.69, 9.17) is 5.26 Å². The molecule has 1 aromatic carbocycles. The molecule has 104 valence electrons. The SMILES string of the molecule is Cc1cc(C#N)ccc1CNC(CN(C)C)C(C)C. The molecule has 1 N–H and O–H groups in total. The Morgan fingerprint density at radius 1 is 1.32 bits per heavy atom. The molecule has 0 aliphatic rings. The van der Waals surface area contributed by atoms with E-state index in [-0.39, 0.29) is 0 Å². The largest absolute Gasteiger partial charge is 0.308 e. The summed E-state index contributed by atoms with van der Waals surface area (Å²) in [5.41, 5.74) is 3.18. The van der Waals surface area contributed by atoms with Crippen molar-refractivity contribution in [3.63, 3.8) is 0 Å². The zero-order valence-corrected chi connectivity index (χ0v) is 12.7. The van der Waals surface area contributed by atoms with Gasteiger partial charge in [-0.05, 0) is 50.2 Å². The lowest BCUT2D eigenvalue weighted by Crippen LogP contribution is -2.41. The highest BCUT2D eigenvalue weighted by molar-refractivity contribution is 5.37. The Bertz CT molecular complexity index is 444. The monoisotopic (exact) mass is 259 g/mol. The molecule has 0 bridgehead atoms. The maximum Gasteiger partial charge on any atom is 0.0991 e. The van der Waals surface area contributed by atoms with Gasteiger partial charge in [-0.3, -0.25) is 0 Å². The second-order valence-corrected chi connectivity index (χ2v) is 5.75. The molecule has 0 fully saturated rings. The van der Waals surface area contributed by atoms with Crippen LogP contribution < -0.4 is 5.32 Å². The van der Waals surface area contributed by atoms with Crippen LogP contribution in [0, 0.1) is 24.2 Å². The number of hydrogen-bond acceptors (Lipinski definition) is 3. The molecule has 0 aliphatic heterocycles. The molecule has 0 aliphatic carbocycles. The number of rotatable bonds is 6. The van der Waals surface area contributed by atoms with Gasteiger partial charge in [-0.15, -0.1) is 0 Å². The minimum atomic E-state index is 0.477. The van der Waals surface area contributed by atoms with E-state index in [1.807, 2.05) is 18.2 Å². The topological polar surface area (TPSA) is 39.1 Å². The average molecular weight is 259 g/mol. The predicted octanol–water partition coefficient (Wildman–Crippen LogP) is 2.54. The van der Waals surface area contributed by atoms with Crippen molar-refractivity contribution < 1.29 is 0 Å². The van der Waals surface area contributed by atoms with E-state index in [9.17, 15) is 0 Å². The first-order chi connectivity index (χ1) is 8.93. The first-order valence-electron chi connectivity index (χ1n) is 6.81. The summed E-state index contributed by atoms with van der Waals surface area (Å²) in [5.74, 6) is 0.598. The van der Waals surface area contributed by atoms with Gasteiger partial charge in [-0.25, -0.2) is 0 Å². The standard InChI is InChI=1S/C16H25N3/c1-12(2)16(11-19(4)5)18-10-15-7-6-14(9-17)8-13(15)3/h6-8,12,16,18H,10-11H2,1-5H3. The molecular formula is C16H25N3. The molecule has 3 nitrogen and oxygen atoms in total. The highest BCUT2D eigenvalue weighted by atomic mass is 15.1. The van der Waals surface area contributed by atoms with Crippen LogP contribution in [0.25, 0.3) is 0 Å². The zero-order valence-electron chi connectivity index (χ0n) is 12.7. The molecule has 19 heavy (non-hydrogen) atoms. The smallest absolute Gasteiger partial charge is 0.0991 e. The van der Waals surface area contributed by atoms with Crippen LogP contribution in [0.4, 0.5) is 0 Å². The molecule has 1 unspecified atom stereocenters. The van der Waals surface area contributed by atoms with Gasteiger partial charge in [0.25, 0.3) is 0 Å². The van der Waals surface area contributed by atoms with Crippen molar-refractivity contribution >= 4 is 0 Å². The van der Waals surface area contributed by atoms with E-state index in [1.165, 1.54) is 11.1 Å². The van der Waals surface area contributed by atoms with Crippen LogP contribution in [0.5, 0.6) is 0 Å². The van der Waals surface area contributed by atoms with Crippen LogP contribution in [0.1, 0.15) is 30.5 Å². The summed E-state index contributed by atoms with van der Waals surface area (Å²) in [6, 6.07) is 8.54. The summed E-state index contributed by atoms with van der Waals surface area (Å²) in [7, 11) is 4.20. The zero-order chi connectivity index (χ0) is 14.4. The molecule has 0 saturated carbocycles. The van der Waals surface area contributed by atoms with Crippen molar-refractivity contribution in [2.75, 3.05) is 20.6 Å². The maximum atomic E-state index is 8.87. The van der Waals surface area contributed by atoms with E-state index < -0.39 is 0 Å². The Labute approximate surface area is 117 Å². The van der Waals surface area contributed by atoms with Crippen LogP contribution in [-0.4, -0.2) is 31.6 Å². The lowest BCUT2D eigenvalue weighted by Gasteiger charge is -2.26. The number of benzene rings is 1. The Balaban J connectivity index is 2.67. The Kier molecular flexibility index (Phi) is 6.01. The van der Waals surface area contributed by atoms with Crippen molar-refractivity contribution in [3.8, 4) is 6.07 Å². The molecule has 1 atom stereocenters. The Hall–Kier alpha value is -1.37. The lowest BCUT2D eigenvalue weighted by atomic mass is 10.0. The van der Waals surface area contributed by atoms with Gasteiger partial charge in [0.2, 0.25) is 0 Å². The van der Waals surface area contributed by atoms with Crippen molar-refractivity contribution in [2.45, 2.75) is 33.4 Å². The summed E-state index contributed by atoms with van der Waals surface area (Å²) in [5, 5.41) is 12.5. The molecule has 0 heterocycles. The summed E-state index contributed by atoms with van der Waals surface area (Å²) in [6.45, 7) is 8.44. The van der Waals surface area contributed by atoms with Crippen molar-refractivity contribution in [1.29, 1.82) is 5.26 Å². The fourth-order valence-corrected chi connectivity index (χ4v) is 2.11. The first kappa shape index (κ1) is 15.7. The van der Waals surface area contributed by atoms with Gasteiger partial charge in [0.15, 0.2) is 0 Å². The molecule has 3 heteroatoms. The third kappa shape index (κ3) is 5.02. The molecule has 1 aromatic rings. The van der Waals surface area contributed by atoms with Crippen LogP contribution in [0.15, 0.2) is 18.2 Å². The third-order valence-corrected chi connectivity index (χ3v) is 3.39. The van der Waals surface area contributed by atoms with Crippen molar-refractivity contribution in [1.82, 2.24) is 10.2 Å². The maximum absolute atomic E-state index is 8.87. The summed E-state index contributed by atoms with van der Waals surface area (Å²) >= 11 is 0. The summed E-state index contributed by atoms with van der Waals surface area (Å²) < 4.78 is 0. The van der Waals surface area contributed by atoms with E-state index >= 15 is 0 Å². The lowest BCUT2D eigenvalue weighted by molar-refractivity contribution is 0.288. The highest BCUT2D eigenvalue weighted by Crippen LogP contribution is 2.12. The van der Waals surface area contributed by atoms with E-state index in [0.717, 1.165) is 18.7 Å². The molecule has 0 aromatic heterocycles. The first-order valence-corrected chi connectivity index (χ1v) is 6.81. The van der Waals surface area contributed by atoms with Gasteiger partial charge >= 0.3 is 0 Å². The normalized spacial score (nSPS) is 12.7. The second kappa shape index (κ2) is 7.28. The van der Waals surface area contributed by atoms with Gasteiger partial charge in [-0.1, -0.05) is 19.9 Å². The molecule has 0 radical (unpaired) electrons. The van der Waals surface area contributed by atoms with Crippen LogP contribution in [-0.2, 0) is 6.54 Å². The van der Waals surface area contributed by atoms with Gasteiger partial charge in [0.1, 0.15) is 0 Å². The highest BCUT2D eigenvalue weighted by Gasteiger charge is 2.14. The van der Waals surface area contributed by atoms with E-state index in [2.05, 4.69) is 51.2 Å². The Morgan fingerprint density at radius 2 is 2.00 bits per heavy atom. The number of aryl methyl sites for hydroxylation is 1. The average Bonchev–Trinajstić information content (AvgIpc) is 2.34. The fourth-order valence-electron chi connectivity index (χ4n) is 2.11. The molecule has 1 rings (SSSR count). The minimum absolute atomic E-state index is 0.477. The number of likely N-dealkylation sites (N-methyl/N-ethyl adjacent to an activating group) is 1. The van der Waals surface area contributed by atoms with Gasteiger partial charge in [0, 0.05) is 19.1 Å². The number of nitriles is 1. The quantitative estimate of drug-likeness (QED) is 0.853. The van der Waals surface area contributed by atoms with Gasteiger partial charge in [0.05, 0.1) is 11.6 Å². The van der Waals surface area contributed by atoms with Gasteiger partial charge < -0.3 is 10.2 Å². The predicted molar refractivity (Wildman–Crippen MR) is 79.9 cm³/mol. The van der Waals surface area contributed by atoms with Crippen LogP contribution >= 0.6 is 0 Å². The Morgan fingerprint density at radius 3 is 2.47 bits per heavy atom. The second-order valence-electron chi connectivity index (χ2n) is 5.75. The van der Waals surface area contributed by atoms with Crippen LogP contribution in [0.3, 0.4) is 0 Å². The summed E-state index contributed by atoms with van der Waals surface area (Å²) in [6.07, 6.45) is 0.